The number of carbonyl (C=O) groups is 1. The predicted octanol–water partition coefficient (Wildman–Crippen LogP) is 3.97. The quantitative estimate of drug-likeness (QED) is 0.824. The summed E-state index contributed by atoms with van der Waals surface area (Å²) in [5.74, 6) is -1.12. The fraction of sp³-hybridized carbons (Fsp3) is 0. The number of hydrogen-bond acceptors (Lipinski definition) is 2. The third-order valence-corrected chi connectivity index (χ3v) is 2.81. The molecule has 0 aliphatic carbocycles. The Morgan fingerprint density at radius 3 is 2.47 bits per heavy atom. The Morgan fingerprint density at radius 2 is 1.84 bits per heavy atom. The minimum atomic E-state index is -0.615. The van der Waals surface area contributed by atoms with Gasteiger partial charge in [-0.1, -0.05) is 23.2 Å². The van der Waals surface area contributed by atoms with Gasteiger partial charge in [0, 0.05) is 21.3 Å². The van der Waals surface area contributed by atoms with E-state index in [4.69, 9.17) is 28.9 Å². The van der Waals surface area contributed by atoms with Crippen LogP contribution in [0.5, 0.6) is 0 Å². The number of benzene rings is 2. The number of rotatable bonds is 2. The Kier molecular flexibility index (Phi) is 3.93. The maximum atomic E-state index is 13.5. The zero-order chi connectivity index (χ0) is 14.0. The van der Waals surface area contributed by atoms with E-state index >= 15 is 0 Å². The number of halogens is 3. The van der Waals surface area contributed by atoms with E-state index < -0.39 is 11.7 Å². The van der Waals surface area contributed by atoms with Gasteiger partial charge >= 0.3 is 0 Å². The monoisotopic (exact) mass is 298 g/mol. The number of anilines is 2. The van der Waals surface area contributed by atoms with Gasteiger partial charge in [0.15, 0.2) is 0 Å². The van der Waals surface area contributed by atoms with Crippen molar-refractivity contribution in [2.75, 3.05) is 11.1 Å². The molecule has 2 rings (SSSR count). The standard InChI is InChI=1S/C13H9Cl2FN2O/c14-8-1-2-12(11(16)6-8)18-13(19)7-3-9(15)5-10(17)4-7/h1-6H,17H2,(H,18,19). The number of hydrogen-bond donors (Lipinski definition) is 2. The van der Waals surface area contributed by atoms with Gasteiger partial charge in [0.2, 0.25) is 0 Å². The zero-order valence-corrected chi connectivity index (χ0v) is 11.1. The van der Waals surface area contributed by atoms with E-state index in [1.807, 2.05) is 0 Å². The van der Waals surface area contributed by atoms with E-state index in [0.717, 1.165) is 6.07 Å². The Hall–Kier alpha value is -1.78. The van der Waals surface area contributed by atoms with Gasteiger partial charge in [-0.25, -0.2) is 4.39 Å². The summed E-state index contributed by atoms with van der Waals surface area (Å²) in [5.41, 5.74) is 6.22. The molecule has 0 atom stereocenters. The predicted molar refractivity (Wildman–Crippen MR) is 75.2 cm³/mol. The SMILES string of the molecule is Nc1cc(Cl)cc(C(=O)Nc2ccc(Cl)cc2F)c1. The van der Waals surface area contributed by atoms with Crippen molar-refractivity contribution < 1.29 is 9.18 Å². The van der Waals surface area contributed by atoms with E-state index in [-0.39, 0.29) is 16.3 Å². The highest BCUT2D eigenvalue weighted by atomic mass is 35.5. The molecule has 0 spiro atoms. The Labute approximate surface area is 119 Å². The Morgan fingerprint density at radius 1 is 1.11 bits per heavy atom. The third kappa shape index (κ3) is 3.36. The Balaban J connectivity index is 2.25. The molecule has 19 heavy (non-hydrogen) atoms. The van der Waals surface area contributed by atoms with E-state index in [1.54, 1.807) is 0 Å². The van der Waals surface area contributed by atoms with Crippen molar-refractivity contribution in [2.45, 2.75) is 0 Å². The van der Waals surface area contributed by atoms with E-state index in [9.17, 15) is 9.18 Å². The van der Waals surface area contributed by atoms with Crippen molar-refractivity contribution in [3.8, 4) is 0 Å². The minimum absolute atomic E-state index is 0.0351. The van der Waals surface area contributed by atoms with Gasteiger partial charge in [-0.15, -0.1) is 0 Å². The molecule has 98 valence electrons. The summed E-state index contributed by atoms with van der Waals surface area (Å²) < 4.78 is 13.5. The molecule has 3 nitrogen and oxygen atoms in total. The van der Waals surface area contributed by atoms with Crippen molar-refractivity contribution >= 4 is 40.5 Å². The van der Waals surface area contributed by atoms with E-state index in [2.05, 4.69) is 5.32 Å². The van der Waals surface area contributed by atoms with Crippen LogP contribution in [-0.2, 0) is 0 Å². The van der Waals surface area contributed by atoms with Gasteiger partial charge in [0.25, 0.3) is 5.91 Å². The Bertz CT molecular complexity index is 626. The van der Waals surface area contributed by atoms with Crippen LogP contribution in [0, 0.1) is 5.82 Å². The largest absolute Gasteiger partial charge is 0.399 e. The van der Waals surface area contributed by atoms with Crippen LogP contribution in [-0.4, -0.2) is 5.91 Å². The van der Waals surface area contributed by atoms with E-state index in [1.165, 1.54) is 30.3 Å². The minimum Gasteiger partial charge on any atom is -0.399 e. The number of nitrogens with one attached hydrogen (secondary N) is 1. The number of amides is 1. The lowest BCUT2D eigenvalue weighted by Crippen LogP contribution is -2.13. The van der Waals surface area contributed by atoms with Crippen LogP contribution in [0.3, 0.4) is 0 Å². The number of nitrogen functional groups attached to an aromatic ring is 1. The molecule has 0 heterocycles. The molecule has 6 heteroatoms. The normalized spacial score (nSPS) is 10.3. The number of nitrogens with two attached hydrogens (primary N) is 1. The van der Waals surface area contributed by atoms with Crippen LogP contribution in [0.2, 0.25) is 10.0 Å². The van der Waals surface area contributed by atoms with Crippen molar-refractivity contribution in [1.82, 2.24) is 0 Å². The van der Waals surface area contributed by atoms with Gasteiger partial charge in [0.05, 0.1) is 5.69 Å². The second kappa shape index (κ2) is 5.47. The lowest BCUT2D eigenvalue weighted by Gasteiger charge is -2.07. The van der Waals surface area contributed by atoms with Crippen LogP contribution in [0.15, 0.2) is 36.4 Å². The summed E-state index contributed by atoms with van der Waals surface area (Å²) in [5, 5.41) is 3.01. The summed E-state index contributed by atoms with van der Waals surface area (Å²) in [6.07, 6.45) is 0. The first-order valence-electron chi connectivity index (χ1n) is 5.28. The molecule has 2 aromatic rings. The summed E-state index contributed by atoms with van der Waals surface area (Å²) in [7, 11) is 0. The number of carbonyl (C=O) groups excluding carboxylic acids is 1. The molecule has 0 bridgehead atoms. The summed E-state index contributed by atoms with van der Waals surface area (Å²) in [4.78, 5) is 11.9. The van der Waals surface area contributed by atoms with Crippen molar-refractivity contribution in [2.24, 2.45) is 0 Å². The van der Waals surface area contributed by atoms with Crippen molar-refractivity contribution in [3.05, 3.63) is 57.8 Å². The summed E-state index contributed by atoms with van der Waals surface area (Å²) in [6, 6.07) is 8.39. The maximum absolute atomic E-state index is 13.5. The second-order valence-electron chi connectivity index (χ2n) is 3.85. The van der Waals surface area contributed by atoms with Crippen LogP contribution >= 0.6 is 23.2 Å². The molecule has 0 unspecified atom stereocenters. The molecule has 0 aliphatic rings. The molecule has 0 aliphatic heterocycles. The highest BCUT2D eigenvalue weighted by molar-refractivity contribution is 6.31. The summed E-state index contributed by atoms with van der Waals surface area (Å²) >= 11 is 11.4. The molecule has 0 saturated heterocycles. The van der Waals surface area contributed by atoms with Gasteiger partial charge in [-0.05, 0) is 36.4 Å². The average Bonchev–Trinajstić information content (AvgIpc) is 2.31. The van der Waals surface area contributed by atoms with Crippen LogP contribution in [0.4, 0.5) is 15.8 Å². The summed E-state index contributed by atoms with van der Waals surface area (Å²) in [6.45, 7) is 0. The molecule has 0 radical (unpaired) electrons. The van der Waals surface area contributed by atoms with Crippen LogP contribution < -0.4 is 11.1 Å². The van der Waals surface area contributed by atoms with Crippen molar-refractivity contribution in [1.29, 1.82) is 0 Å². The van der Waals surface area contributed by atoms with Gasteiger partial charge < -0.3 is 11.1 Å². The van der Waals surface area contributed by atoms with Gasteiger partial charge in [-0.2, -0.15) is 0 Å². The fourth-order valence-corrected chi connectivity index (χ4v) is 1.93. The molecule has 0 saturated carbocycles. The highest BCUT2D eigenvalue weighted by Crippen LogP contribution is 2.21. The first-order valence-corrected chi connectivity index (χ1v) is 6.04. The van der Waals surface area contributed by atoms with Gasteiger partial charge in [-0.3, -0.25) is 4.79 Å². The average molecular weight is 299 g/mol. The van der Waals surface area contributed by atoms with Gasteiger partial charge in [0.1, 0.15) is 5.82 Å². The molecule has 0 fully saturated rings. The molecule has 0 aromatic heterocycles. The second-order valence-corrected chi connectivity index (χ2v) is 4.72. The molecule has 1 amide bonds. The highest BCUT2D eigenvalue weighted by Gasteiger charge is 2.11. The first kappa shape index (κ1) is 13.6. The lowest BCUT2D eigenvalue weighted by atomic mass is 10.2. The van der Waals surface area contributed by atoms with Crippen LogP contribution in [0.25, 0.3) is 0 Å². The molecular formula is C13H9Cl2FN2O. The maximum Gasteiger partial charge on any atom is 0.255 e. The van der Waals surface area contributed by atoms with E-state index in [0.29, 0.717) is 10.7 Å². The lowest BCUT2D eigenvalue weighted by molar-refractivity contribution is 0.102. The van der Waals surface area contributed by atoms with Crippen molar-refractivity contribution in [3.63, 3.8) is 0 Å². The zero-order valence-electron chi connectivity index (χ0n) is 9.58. The smallest absolute Gasteiger partial charge is 0.255 e. The molecule has 3 N–H and O–H groups in total. The topological polar surface area (TPSA) is 55.1 Å². The first-order chi connectivity index (χ1) is 8.95. The third-order valence-electron chi connectivity index (χ3n) is 2.36. The fourth-order valence-electron chi connectivity index (χ4n) is 1.53. The molecule has 2 aromatic carbocycles. The van der Waals surface area contributed by atoms with Crippen LogP contribution in [0.1, 0.15) is 10.4 Å². The molecular weight excluding hydrogens is 290 g/mol.